The summed E-state index contributed by atoms with van der Waals surface area (Å²) in [7, 11) is 0. The zero-order valence-corrected chi connectivity index (χ0v) is 39.6. The lowest BCUT2D eigenvalue weighted by molar-refractivity contribution is 0.532. The first-order chi connectivity index (χ1) is 28.7. The summed E-state index contributed by atoms with van der Waals surface area (Å²) in [6.07, 6.45) is 31.5. The summed E-state index contributed by atoms with van der Waals surface area (Å²) < 4.78 is 0. The van der Waals surface area contributed by atoms with Crippen molar-refractivity contribution in [2.24, 2.45) is 23.7 Å². The highest BCUT2D eigenvalue weighted by Crippen LogP contribution is 2.32. The first-order valence-corrected chi connectivity index (χ1v) is 23.3. The van der Waals surface area contributed by atoms with Crippen molar-refractivity contribution in [1.29, 1.82) is 0 Å². The van der Waals surface area contributed by atoms with Gasteiger partial charge >= 0.3 is 0 Å². The molecule has 4 heteroatoms. The third kappa shape index (κ3) is 13.8. The third-order valence-corrected chi connectivity index (χ3v) is 12.2. The third-order valence-electron chi connectivity index (χ3n) is 12.2. The summed E-state index contributed by atoms with van der Waals surface area (Å²) in [6, 6.07) is 9.31. The van der Waals surface area contributed by atoms with Crippen LogP contribution in [-0.2, 0) is 25.7 Å². The number of allylic oxidation sites excluding steroid dienone is 8. The van der Waals surface area contributed by atoms with Gasteiger partial charge in [0.2, 0.25) is 0 Å². The number of fused-ring (bicyclic) bond motifs is 8. The van der Waals surface area contributed by atoms with Crippen molar-refractivity contribution in [2.45, 2.75) is 160 Å². The Labute approximate surface area is 364 Å². The van der Waals surface area contributed by atoms with E-state index in [4.69, 9.17) is 9.97 Å². The molecule has 3 aromatic rings. The average Bonchev–Trinajstić information content (AvgIpc) is 4.01. The van der Waals surface area contributed by atoms with Gasteiger partial charge in [-0.3, -0.25) is 0 Å². The molecule has 4 atom stereocenters. The van der Waals surface area contributed by atoms with Gasteiger partial charge in [-0.15, -0.1) is 0 Å². The maximum absolute atomic E-state index is 5.55. The van der Waals surface area contributed by atoms with Crippen LogP contribution in [0.1, 0.15) is 179 Å². The molecule has 8 bridgehead atoms. The molecule has 322 valence electrons. The second-order valence-electron chi connectivity index (χ2n) is 19.6. The number of nitrogens with zero attached hydrogens (tertiary/aromatic N) is 2. The highest BCUT2D eigenvalue weighted by atomic mass is 14.8. The highest BCUT2D eigenvalue weighted by molar-refractivity contribution is 5.83. The van der Waals surface area contributed by atoms with E-state index in [0.29, 0.717) is 23.7 Å². The minimum absolute atomic E-state index is 0.494. The van der Waals surface area contributed by atoms with Crippen LogP contribution in [-0.4, -0.2) is 19.9 Å². The van der Waals surface area contributed by atoms with Crippen molar-refractivity contribution in [3.8, 4) is 0 Å². The Morgan fingerprint density at radius 2 is 0.650 bits per heavy atom. The molecule has 0 fully saturated rings. The fraction of sp³-hybridized carbons (Fsp3) is 0.500. The van der Waals surface area contributed by atoms with Crippen LogP contribution in [0.4, 0.5) is 0 Å². The molecule has 5 heterocycles. The molecule has 2 aliphatic heterocycles. The number of aromatic nitrogens is 4. The SMILES string of the molecule is CC(C)=CCCC(C)Cc1c2nc(c(CC(C)CCC=C(C)C)c3ccc([nH]3)c(CC(C)CCC=C(C)C)c3ccc([nH]3)c(CC(C)CCC=C(C)C)c3nc1C=C3)C=C2. The molecule has 0 saturated carbocycles. The van der Waals surface area contributed by atoms with Crippen molar-refractivity contribution >= 4 is 46.4 Å². The second-order valence-corrected chi connectivity index (χ2v) is 19.6. The van der Waals surface area contributed by atoms with E-state index in [1.807, 2.05) is 0 Å². The number of hydrogen-bond acceptors (Lipinski definition) is 2. The Balaban J connectivity index is 1.78. The van der Waals surface area contributed by atoms with Crippen molar-refractivity contribution in [3.05, 3.63) is 116 Å². The largest absolute Gasteiger partial charge is 0.355 e. The van der Waals surface area contributed by atoms with E-state index in [0.717, 1.165) is 99.8 Å². The number of H-pyrrole nitrogens is 2. The Morgan fingerprint density at radius 3 is 0.950 bits per heavy atom. The van der Waals surface area contributed by atoms with Gasteiger partial charge in [0.15, 0.2) is 0 Å². The van der Waals surface area contributed by atoms with Gasteiger partial charge in [-0.2, -0.15) is 0 Å². The van der Waals surface area contributed by atoms with Crippen LogP contribution in [0.25, 0.3) is 46.4 Å². The van der Waals surface area contributed by atoms with E-state index in [9.17, 15) is 0 Å². The molecule has 0 aliphatic carbocycles. The quantitative estimate of drug-likeness (QED) is 0.0770. The van der Waals surface area contributed by atoms with Gasteiger partial charge in [0.25, 0.3) is 0 Å². The van der Waals surface area contributed by atoms with Gasteiger partial charge in [0.05, 0.1) is 22.8 Å². The average molecular weight is 807 g/mol. The number of aromatic amines is 2. The molecule has 4 nitrogen and oxygen atoms in total. The summed E-state index contributed by atoms with van der Waals surface area (Å²) in [5.74, 6) is 2.03. The van der Waals surface area contributed by atoms with E-state index in [-0.39, 0.29) is 0 Å². The topological polar surface area (TPSA) is 57.4 Å². The van der Waals surface area contributed by atoms with Crippen molar-refractivity contribution < 1.29 is 0 Å². The molecule has 0 aromatic carbocycles. The summed E-state index contributed by atoms with van der Waals surface area (Å²) in [5.41, 5.74) is 19.8. The summed E-state index contributed by atoms with van der Waals surface area (Å²) in [4.78, 5) is 19.1. The van der Waals surface area contributed by atoms with Gasteiger partial charge in [0.1, 0.15) is 0 Å². The lowest BCUT2D eigenvalue weighted by Gasteiger charge is -2.13. The summed E-state index contributed by atoms with van der Waals surface area (Å²) >= 11 is 0. The Hall–Kier alpha value is -4.44. The minimum atomic E-state index is 0.494. The second kappa shape index (κ2) is 22.4. The summed E-state index contributed by atoms with van der Waals surface area (Å²) in [5, 5.41) is 0. The van der Waals surface area contributed by atoms with Gasteiger partial charge in [-0.25, -0.2) is 9.97 Å². The standard InChI is InChI=1S/C56H78N4/c1-37(2)17-13-21-41(9)33-45-49-25-27-51(57-49)46(34-42(10)22-14-18-38(3)4)53-29-31-55(59-53)48(36-44(12)24-16-20-40(7)8)56-32-30-54(60-56)47(52-28-26-50(45)58-52)35-43(11)23-15-19-39(5)6/h17-20,25-32,41-44,57-58H,13-16,21-24,33-36H2,1-12H3. The fourth-order valence-corrected chi connectivity index (χ4v) is 8.73. The smallest absolute Gasteiger partial charge is 0.0691 e. The monoisotopic (exact) mass is 807 g/mol. The zero-order chi connectivity index (χ0) is 43.3. The first kappa shape index (κ1) is 46.6. The maximum atomic E-state index is 5.55. The van der Waals surface area contributed by atoms with E-state index < -0.39 is 0 Å². The van der Waals surface area contributed by atoms with E-state index in [1.165, 1.54) is 66.6 Å². The normalized spacial score (nSPS) is 14.1. The molecule has 60 heavy (non-hydrogen) atoms. The summed E-state index contributed by atoms with van der Waals surface area (Å²) in [6.45, 7) is 27.2. The molecule has 2 N–H and O–H groups in total. The number of nitrogens with one attached hydrogen (secondary N) is 2. The fourth-order valence-electron chi connectivity index (χ4n) is 8.73. The van der Waals surface area contributed by atoms with Crippen LogP contribution in [0.3, 0.4) is 0 Å². The maximum Gasteiger partial charge on any atom is 0.0691 e. The predicted molar refractivity (Wildman–Crippen MR) is 265 cm³/mol. The van der Waals surface area contributed by atoms with Crippen LogP contribution in [0.15, 0.2) is 70.9 Å². The van der Waals surface area contributed by atoms with E-state index >= 15 is 0 Å². The lowest BCUT2D eigenvalue weighted by Crippen LogP contribution is -2.05. The van der Waals surface area contributed by atoms with Crippen LogP contribution >= 0.6 is 0 Å². The molecule has 5 rings (SSSR count). The van der Waals surface area contributed by atoms with Crippen molar-refractivity contribution in [3.63, 3.8) is 0 Å². The van der Waals surface area contributed by atoms with E-state index in [2.05, 4.69) is 166 Å². The zero-order valence-electron chi connectivity index (χ0n) is 39.6. The molecular formula is C56H78N4. The van der Waals surface area contributed by atoms with Gasteiger partial charge in [-0.1, -0.05) is 74.3 Å². The molecule has 4 unspecified atom stereocenters. The number of hydrogen-bond donors (Lipinski definition) is 2. The van der Waals surface area contributed by atoms with Crippen LogP contribution in [0.5, 0.6) is 0 Å². The molecule has 0 radical (unpaired) electrons. The number of rotatable bonds is 20. The molecule has 0 amide bonds. The van der Waals surface area contributed by atoms with Crippen LogP contribution < -0.4 is 0 Å². The lowest BCUT2D eigenvalue weighted by atomic mass is 9.94. The minimum Gasteiger partial charge on any atom is -0.355 e. The van der Waals surface area contributed by atoms with Gasteiger partial charge < -0.3 is 9.97 Å². The molecular weight excluding hydrogens is 729 g/mol. The molecule has 3 aromatic heterocycles. The van der Waals surface area contributed by atoms with Crippen LogP contribution in [0, 0.1) is 23.7 Å². The van der Waals surface area contributed by atoms with E-state index in [1.54, 1.807) is 0 Å². The Kier molecular flexibility index (Phi) is 17.4. The highest BCUT2D eigenvalue weighted by Gasteiger charge is 2.20. The Morgan fingerprint density at radius 1 is 0.400 bits per heavy atom. The Bertz CT molecular complexity index is 2130. The van der Waals surface area contributed by atoms with Crippen LogP contribution in [0.2, 0.25) is 0 Å². The molecule has 0 saturated heterocycles. The van der Waals surface area contributed by atoms with Crippen molar-refractivity contribution in [2.75, 3.05) is 0 Å². The van der Waals surface area contributed by atoms with Gasteiger partial charge in [-0.05, 0) is 210 Å². The predicted octanol–water partition coefficient (Wildman–Crippen LogP) is 16.4. The molecule has 0 spiro atoms. The van der Waals surface area contributed by atoms with Crippen molar-refractivity contribution in [1.82, 2.24) is 19.9 Å². The first-order valence-electron chi connectivity index (χ1n) is 23.3. The van der Waals surface area contributed by atoms with Gasteiger partial charge in [0, 0.05) is 38.8 Å². The molecule has 2 aliphatic rings.